The number of halogens is 2. The Hall–Kier alpha value is -1.34. The Morgan fingerprint density at radius 3 is 3.04 bits per heavy atom. The van der Waals surface area contributed by atoms with Gasteiger partial charge in [-0.1, -0.05) is 40.6 Å². The molecule has 0 atom stereocenters. The molecule has 0 fully saturated rings. The molecular formula is C15H15Cl2N3O2S. The molecule has 0 aliphatic carbocycles. The second-order valence-corrected chi connectivity index (χ2v) is 7.13. The van der Waals surface area contributed by atoms with Gasteiger partial charge < -0.3 is 4.74 Å². The molecule has 2 heterocycles. The molecular weight excluding hydrogens is 357 g/mol. The number of nitrogens with one attached hydrogen (secondary N) is 1. The highest BCUT2D eigenvalue weighted by Gasteiger charge is 2.22. The molecule has 1 N–H and O–H groups in total. The number of hydrogen-bond acceptors (Lipinski definition) is 5. The van der Waals surface area contributed by atoms with Crippen molar-refractivity contribution in [2.24, 2.45) is 0 Å². The van der Waals surface area contributed by atoms with E-state index in [1.807, 2.05) is 12.1 Å². The third-order valence-corrected chi connectivity index (χ3v) is 5.20. The number of hydrogen-bond donors (Lipinski definition) is 1. The van der Waals surface area contributed by atoms with E-state index in [-0.39, 0.29) is 0 Å². The summed E-state index contributed by atoms with van der Waals surface area (Å²) in [4.78, 5) is 19.2. The maximum atomic E-state index is 11.3. The number of rotatable bonds is 3. The first-order chi connectivity index (χ1) is 11.0. The van der Waals surface area contributed by atoms with Crippen molar-refractivity contribution in [3.05, 3.63) is 44.4 Å². The predicted molar refractivity (Wildman–Crippen MR) is 92.4 cm³/mol. The minimum absolute atomic E-state index is 0.499. The highest BCUT2D eigenvalue weighted by molar-refractivity contribution is 7.15. The quantitative estimate of drug-likeness (QED) is 0.878. The van der Waals surface area contributed by atoms with E-state index in [4.69, 9.17) is 23.2 Å². The Labute approximate surface area is 148 Å². The Kier molecular flexibility index (Phi) is 5.06. The van der Waals surface area contributed by atoms with Gasteiger partial charge in [0.1, 0.15) is 0 Å². The van der Waals surface area contributed by atoms with Crippen molar-refractivity contribution in [1.29, 1.82) is 0 Å². The number of benzene rings is 1. The Balaban J connectivity index is 1.69. The van der Waals surface area contributed by atoms with Gasteiger partial charge in [0.15, 0.2) is 5.13 Å². The normalized spacial score (nSPS) is 14.4. The number of fused-ring (bicyclic) bond motifs is 1. The number of anilines is 1. The first-order valence-corrected chi connectivity index (χ1v) is 8.62. The molecule has 0 radical (unpaired) electrons. The lowest BCUT2D eigenvalue weighted by atomic mass is 10.1. The molecule has 23 heavy (non-hydrogen) atoms. The Morgan fingerprint density at radius 2 is 2.30 bits per heavy atom. The van der Waals surface area contributed by atoms with Crippen LogP contribution in [0.4, 0.5) is 9.93 Å². The first-order valence-electron chi connectivity index (χ1n) is 7.05. The Bertz CT molecular complexity index is 736. The zero-order valence-electron chi connectivity index (χ0n) is 12.4. The Morgan fingerprint density at radius 1 is 1.48 bits per heavy atom. The van der Waals surface area contributed by atoms with Crippen LogP contribution in [-0.4, -0.2) is 29.6 Å². The summed E-state index contributed by atoms with van der Waals surface area (Å²) < 4.78 is 4.59. The highest BCUT2D eigenvalue weighted by Crippen LogP contribution is 2.30. The molecule has 0 bridgehead atoms. The van der Waals surface area contributed by atoms with Crippen molar-refractivity contribution in [2.75, 3.05) is 19.0 Å². The number of ether oxygens (including phenoxy) is 1. The van der Waals surface area contributed by atoms with Crippen LogP contribution in [-0.2, 0) is 24.2 Å². The zero-order valence-corrected chi connectivity index (χ0v) is 14.8. The van der Waals surface area contributed by atoms with Crippen molar-refractivity contribution >= 4 is 45.8 Å². The van der Waals surface area contributed by atoms with Crippen LogP contribution in [0, 0.1) is 0 Å². The molecule has 1 aliphatic rings. The summed E-state index contributed by atoms with van der Waals surface area (Å²) >= 11 is 13.7. The number of nitrogens with zero attached hydrogens (tertiary/aromatic N) is 2. The number of carbonyl (C=O) groups is 1. The van der Waals surface area contributed by atoms with Crippen molar-refractivity contribution < 1.29 is 9.53 Å². The second kappa shape index (κ2) is 7.05. The summed E-state index contributed by atoms with van der Waals surface area (Å²) in [5, 5.41) is 4.52. The molecule has 1 aliphatic heterocycles. The van der Waals surface area contributed by atoms with Crippen LogP contribution in [0.5, 0.6) is 0 Å². The van der Waals surface area contributed by atoms with Gasteiger partial charge in [-0.2, -0.15) is 0 Å². The number of aromatic nitrogens is 1. The summed E-state index contributed by atoms with van der Waals surface area (Å²) in [5.74, 6) is 0. The number of thiazole rings is 1. The topological polar surface area (TPSA) is 54.5 Å². The fourth-order valence-electron chi connectivity index (χ4n) is 2.47. The third-order valence-electron chi connectivity index (χ3n) is 3.61. The lowest BCUT2D eigenvalue weighted by Crippen LogP contribution is -2.29. The number of methoxy groups -OCH3 is 1. The van der Waals surface area contributed by atoms with Crippen LogP contribution in [0.1, 0.15) is 16.1 Å². The molecule has 0 saturated heterocycles. The molecule has 0 spiro atoms. The molecule has 0 unspecified atom stereocenters. The van der Waals surface area contributed by atoms with Gasteiger partial charge in [-0.25, -0.2) is 9.78 Å². The fraction of sp³-hybridized carbons (Fsp3) is 0.333. The van der Waals surface area contributed by atoms with E-state index < -0.39 is 6.09 Å². The molecule has 2 aromatic rings. The maximum absolute atomic E-state index is 11.3. The summed E-state index contributed by atoms with van der Waals surface area (Å²) in [7, 11) is 1.33. The van der Waals surface area contributed by atoms with Gasteiger partial charge in [-0.3, -0.25) is 10.2 Å². The number of carbonyl (C=O) groups excluding carboxylic acids is 1. The van der Waals surface area contributed by atoms with E-state index in [1.165, 1.54) is 18.4 Å². The summed E-state index contributed by atoms with van der Waals surface area (Å²) in [6, 6.07) is 5.57. The van der Waals surface area contributed by atoms with Gasteiger partial charge in [0.2, 0.25) is 0 Å². The predicted octanol–water partition coefficient (Wildman–Crippen LogP) is 4.19. The lowest BCUT2D eigenvalue weighted by molar-refractivity contribution is 0.187. The summed E-state index contributed by atoms with van der Waals surface area (Å²) in [5.41, 5.74) is 2.09. The minimum Gasteiger partial charge on any atom is -0.453 e. The average molecular weight is 372 g/mol. The molecule has 0 saturated carbocycles. The first kappa shape index (κ1) is 16.5. The van der Waals surface area contributed by atoms with E-state index in [9.17, 15) is 4.79 Å². The molecule has 5 nitrogen and oxygen atoms in total. The summed E-state index contributed by atoms with van der Waals surface area (Å²) in [6.45, 7) is 2.44. The minimum atomic E-state index is -0.499. The van der Waals surface area contributed by atoms with Gasteiger partial charge in [0, 0.05) is 41.0 Å². The standard InChI is InChI=1S/C15H15Cl2N3O2S/c1-22-15(21)19-14-18-12-4-5-20(8-13(12)23-14)7-9-2-3-10(16)6-11(9)17/h2-3,6H,4-5,7-8H2,1H3,(H,18,19,21). The van der Waals surface area contributed by atoms with E-state index in [2.05, 4.69) is 19.9 Å². The van der Waals surface area contributed by atoms with Gasteiger partial charge in [0.25, 0.3) is 0 Å². The van der Waals surface area contributed by atoms with E-state index >= 15 is 0 Å². The van der Waals surface area contributed by atoms with Crippen LogP contribution in [0.2, 0.25) is 10.0 Å². The smallest absolute Gasteiger partial charge is 0.413 e. The monoisotopic (exact) mass is 371 g/mol. The lowest BCUT2D eigenvalue weighted by Gasteiger charge is -2.26. The maximum Gasteiger partial charge on any atom is 0.413 e. The van der Waals surface area contributed by atoms with E-state index in [0.717, 1.165) is 42.2 Å². The van der Waals surface area contributed by atoms with Crippen LogP contribution in [0.25, 0.3) is 0 Å². The molecule has 1 aromatic carbocycles. The van der Waals surface area contributed by atoms with Crippen molar-refractivity contribution in [3.8, 4) is 0 Å². The van der Waals surface area contributed by atoms with E-state index in [0.29, 0.717) is 15.2 Å². The van der Waals surface area contributed by atoms with Crippen molar-refractivity contribution in [2.45, 2.75) is 19.5 Å². The SMILES string of the molecule is COC(=O)Nc1nc2c(s1)CN(Cc1ccc(Cl)cc1Cl)CC2. The van der Waals surface area contributed by atoms with Gasteiger partial charge >= 0.3 is 6.09 Å². The van der Waals surface area contributed by atoms with Gasteiger partial charge in [0.05, 0.1) is 12.8 Å². The largest absolute Gasteiger partial charge is 0.453 e. The van der Waals surface area contributed by atoms with E-state index in [1.54, 1.807) is 6.07 Å². The number of amides is 1. The molecule has 3 rings (SSSR count). The van der Waals surface area contributed by atoms with Gasteiger partial charge in [-0.15, -0.1) is 0 Å². The molecule has 1 amide bonds. The highest BCUT2D eigenvalue weighted by atomic mass is 35.5. The van der Waals surface area contributed by atoms with Crippen LogP contribution < -0.4 is 5.32 Å². The fourth-order valence-corrected chi connectivity index (χ4v) is 3.97. The summed E-state index contributed by atoms with van der Waals surface area (Å²) in [6.07, 6.45) is 0.348. The zero-order chi connectivity index (χ0) is 16.4. The second-order valence-electron chi connectivity index (χ2n) is 5.20. The van der Waals surface area contributed by atoms with Crippen LogP contribution in [0.15, 0.2) is 18.2 Å². The molecule has 1 aromatic heterocycles. The van der Waals surface area contributed by atoms with Crippen molar-refractivity contribution in [1.82, 2.24) is 9.88 Å². The van der Waals surface area contributed by atoms with Gasteiger partial charge in [-0.05, 0) is 17.7 Å². The average Bonchev–Trinajstić information content (AvgIpc) is 2.91. The van der Waals surface area contributed by atoms with Crippen molar-refractivity contribution in [3.63, 3.8) is 0 Å². The molecule has 8 heteroatoms. The van der Waals surface area contributed by atoms with Crippen LogP contribution >= 0.6 is 34.5 Å². The van der Waals surface area contributed by atoms with Crippen LogP contribution in [0.3, 0.4) is 0 Å². The molecule has 122 valence electrons. The third kappa shape index (κ3) is 3.95.